The molecule has 0 saturated heterocycles. The van der Waals surface area contributed by atoms with Crippen LogP contribution in [0, 0.1) is 0 Å². The smallest absolute Gasteiger partial charge is 0.343 e. The van der Waals surface area contributed by atoms with Gasteiger partial charge in [-0.05, 0) is 77.9 Å². The third kappa shape index (κ3) is 6.43. The maximum atomic E-state index is 12.5. The summed E-state index contributed by atoms with van der Waals surface area (Å²) >= 11 is 0. The maximum Gasteiger partial charge on any atom is 0.343 e. The molecule has 0 aliphatic heterocycles. The van der Waals surface area contributed by atoms with Crippen LogP contribution in [-0.2, 0) is 4.79 Å². The highest BCUT2D eigenvalue weighted by molar-refractivity contribution is 5.92. The highest BCUT2D eigenvalue weighted by Gasteiger charge is 2.15. The Kier molecular flexibility index (Phi) is 8.00. The van der Waals surface area contributed by atoms with Crippen LogP contribution in [0.15, 0.2) is 90.0 Å². The molecule has 8 heteroatoms. The number of methoxy groups -OCH3 is 2. The van der Waals surface area contributed by atoms with Crippen molar-refractivity contribution in [1.82, 2.24) is 5.43 Å². The summed E-state index contributed by atoms with van der Waals surface area (Å²) in [5, 5.41) is 6.12. The molecule has 1 atom stereocenters. The van der Waals surface area contributed by atoms with E-state index in [1.165, 1.54) is 13.3 Å². The first-order valence-electron chi connectivity index (χ1n) is 11.5. The van der Waals surface area contributed by atoms with Gasteiger partial charge in [-0.15, -0.1) is 0 Å². The topological polar surface area (TPSA) is 95.5 Å². The lowest BCUT2D eigenvalue weighted by molar-refractivity contribution is -0.127. The largest absolute Gasteiger partial charge is 0.497 e. The van der Waals surface area contributed by atoms with Gasteiger partial charge in [-0.3, -0.25) is 4.79 Å². The molecule has 0 heterocycles. The van der Waals surface area contributed by atoms with Gasteiger partial charge >= 0.3 is 5.97 Å². The van der Waals surface area contributed by atoms with E-state index >= 15 is 0 Å². The third-order valence-electron chi connectivity index (χ3n) is 5.51. The molecule has 0 spiro atoms. The van der Waals surface area contributed by atoms with Gasteiger partial charge in [-0.2, -0.15) is 5.10 Å². The molecule has 0 fully saturated rings. The molecule has 0 aliphatic rings. The zero-order valence-electron chi connectivity index (χ0n) is 20.6. The van der Waals surface area contributed by atoms with Crippen LogP contribution in [0.2, 0.25) is 0 Å². The van der Waals surface area contributed by atoms with E-state index in [1.54, 1.807) is 56.5 Å². The monoisotopic (exact) mass is 498 g/mol. The number of nitrogens with one attached hydrogen (secondary N) is 1. The number of amides is 1. The molecule has 0 saturated carbocycles. The number of hydrazone groups is 1. The molecule has 37 heavy (non-hydrogen) atoms. The normalized spacial score (nSPS) is 11.6. The summed E-state index contributed by atoms with van der Waals surface area (Å²) in [4.78, 5) is 24.9. The van der Waals surface area contributed by atoms with Crippen LogP contribution in [0.4, 0.5) is 0 Å². The van der Waals surface area contributed by atoms with E-state index in [4.69, 9.17) is 18.9 Å². The minimum atomic E-state index is -0.757. The molecule has 0 unspecified atom stereocenters. The molecule has 1 amide bonds. The molecule has 4 aromatic carbocycles. The van der Waals surface area contributed by atoms with Gasteiger partial charge in [0.15, 0.2) is 17.6 Å². The van der Waals surface area contributed by atoms with Crippen LogP contribution in [0.5, 0.6) is 23.0 Å². The Morgan fingerprint density at radius 1 is 0.811 bits per heavy atom. The van der Waals surface area contributed by atoms with Gasteiger partial charge in [0, 0.05) is 0 Å². The van der Waals surface area contributed by atoms with Crippen LogP contribution in [0.25, 0.3) is 10.8 Å². The predicted octanol–water partition coefficient (Wildman–Crippen LogP) is 4.99. The first-order valence-corrected chi connectivity index (χ1v) is 11.5. The third-order valence-corrected chi connectivity index (χ3v) is 5.51. The molecule has 4 aromatic rings. The van der Waals surface area contributed by atoms with Crippen LogP contribution in [-0.4, -0.2) is 38.4 Å². The van der Waals surface area contributed by atoms with E-state index in [0.29, 0.717) is 28.4 Å². The Bertz CT molecular complexity index is 1430. The van der Waals surface area contributed by atoms with Gasteiger partial charge in [0.25, 0.3) is 5.91 Å². The van der Waals surface area contributed by atoms with Crippen molar-refractivity contribution in [3.05, 3.63) is 96.1 Å². The second-order valence-corrected chi connectivity index (χ2v) is 8.03. The fraction of sp³-hybridized carbons (Fsp3) is 0.138. The van der Waals surface area contributed by atoms with Crippen LogP contribution in [0.1, 0.15) is 22.8 Å². The minimum absolute atomic E-state index is 0.252. The lowest BCUT2D eigenvalue weighted by atomic mass is 10.1. The summed E-state index contributed by atoms with van der Waals surface area (Å²) in [6, 6.07) is 25.1. The molecule has 1 N–H and O–H groups in total. The van der Waals surface area contributed by atoms with Crippen LogP contribution in [0.3, 0.4) is 0 Å². The highest BCUT2D eigenvalue weighted by Crippen LogP contribution is 2.28. The van der Waals surface area contributed by atoms with E-state index < -0.39 is 18.0 Å². The molecular weight excluding hydrogens is 472 g/mol. The second kappa shape index (κ2) is 11.7. The fourth-order valence-corrected chi connectivity index (χ4v) is 3.49. The molecule has 188 valence electrons. The molecule has 0 aromatic heterocycles. The number of ether oxygens (including phenoxy) is 4. The van der Waals surface area contributed by atoms with E-state index in [2.05, 4.69) is 10.5 Å². The van der Waals surface area contributed by atoms with Gasteiger partial charge in [0.1, 0.15) is 11.5 Å². The zero-order chi connectivity index (χ0) is 26.2. The average Bonchev–Trinajstić information content (AvgIpc) is 2.93. The zero-order valence-corrected chi connectivity index (χ0v) is 20.6. The van der Waals surface area contributed by atoms with Gasteiger partial charge in [0.05, 0.1) is 26.0 Å². The number of nitrogens with zero attached hydrogens (tertiary/aromatic N) is 1. The van der Waals surface area contributed by atoms with Crippen molar-refractivity contribution in [3.8, 4) is 23.0 Å². The molecule has 0 aliphatic carbocycles. The number of hydrogen-bond acceptors (Lipinski definition) is 7. The van der Waals surface area contributed by atoms with Gasteiger partial charge in [-0.25, -0.2) is 10.2 Å². The highest BCUT2D eigenvalue weighted by atomic mass is 16.6. The molecular formula is C29H26N2O6. The van der Waals surface area contributed by atoms with Crippen molar-refractivity contribution in [3.63, 3.8) is 0 Å². The second-order valence-electron chi connectivity index (χ2n) is 8.03. The number of fused-ring (bicyclic) bond motifs is 1. The van der Waals surface area contributed by atoms with Crippen LogP contribution >= 0.6 is 0 Å². The molecule has 4 rings (SSSR count). The number of esters is 1. The summed E-state index contributed by atoms with van der Waals surface area (Å²) in [5.74, 6) is 0.887. The molecule has 0 bridgehead atoms. The molecule has 8 nitrogen and oxygen atoms in total. The number of rotatable bonds is 9. The average molecular weight is 499 g/mol. The van der Waals surface area contributed by atoms with E-state index in [0.717, 1.165) is 10.8 Å². The first kappa shape index (κ1) is 25.2. The van der Waals surface area contributed by atoms with Gasteiger partial charge in [-0.1, -0.05) is 30.3 Å². The van der Waals surface area contributed by atoms with Crippen LogP contribution < -0.4 is 24.4 Å². The number of carbonyl (C=O) groups excluding carboxylic acids is 2. The van der Waals surface area contributed by atoms with Crippen molar-refractivity contribution >= 4 is 28.9 Å². The number of benzene rings is 4. The predicted molar refractivity (Wildman–Crippen MR) is 141 cm³/mol. The Labute approximate surface area is 214 Å². The Morgan fingerprint density at radius 2 is 1.54 bits per heavy atom. The number of hydrogen-bond donors (Lipinski definition) is 1. The Morgan fingerprint density at radius 3 is 2.27 bits per heavy atom. The minimum Gasteiger partial charge on any atom is -0.497 e. The first-order chi connectivity index (χ1) is 18.0. The molecule has 0 radical (unpaired) electrons. The summed E-state index contributed by atoms with van der Waals surface area (Å²) in [7, 11) is 3.02. The maximum absolute atomic E-state index is 12.5. The summed E-state index contributed by atoms with van der Waals surface area (Å²) in [6.07, 6.45) is 0.700. The van der Waals surface area contributed by atoms with Crippen molar-refractivity contribution in [2.45, 2.75) is 13.0 Å². The summed E-state index contributed by atoms with van der Waals surface area (Å²) in [6.45, 7) is 1.65. The fourth-order valence-electron chi connectivity index (χ4n) is 3.49. The lowest BCUT2D eigenvalue weighted by Crippen LogP contribution is -2.33. The van der Waals surface area contributed by atoms with E-state index in [1.807, 2.05) is 42.5 Å². The standard InChI is InChI=1S/C29H26N2O6/c1-19(36-25-14-9-21-6-4-5-7-23(21)17-25)28(32)31-30-18-20-8-15-26(27(16-20)35-3)37-29(33)22-10-12-24(34-2)13-11-22/h4-19H,1-3H3,(H,31,32)/b30-18-/t19-/m0/s1. The quantitative estimate of drug-likeness (QED) is 0.151. The Hall–Kier alpha value is -4.85. The van der Waals surface area contributed by atoms with Gasteiger partial charge in [0.2, 0.25) is 0 Å². The Balaban J connectivity index is 1.34. The summed E-state index contributed by atoms with van der Waals surface area (Å²) < 4.78 is 21.7. The lowest BCUT2D eigenvalue weighted by Gasteiger charge is -2.13. The van der Waals surface area contributed by atoms with E-state index in [9.17, 15) is 9.59 Å². The van der Waals surface area contributed by atoms with E-state index in [-0.39, 0.29) is 5.75 Å². The van der Waals surface area contributed by atoms with Crippen molar-refractivity contribution < 1.29 is 28.5 Å². The number of carbonyl (C=O) groups is 2. The van der Waals surface area contributed by atoms with Crippen molar-refractivity contribution in [2.24, 2.45) is 5.10 Å². The van der Waals surface area contributed by atoms with Crippen molar-refractivity contribution in [2.75, 3.05) is 14.2 Å². The summed E-state index contributed by atoms with van der Waals surface area (Å²) in [5.41, 5.74) is 3.47. The SMILES string of the molecule is COc1ccc(C(=O)Oc2ccc(/C=N\NC(=O)[C@H](C)Oc3ccc4ccccc4c3)cc2OC)cc1. The van der Waals surface area contributed by atoms with Crippen molar-refractivity contribution in [1.29, 1.82) is 0 Å². The van der Waals surface area contributed by atoms with Gasteiger partial charge < -0.3 is 18.9 Å².